The van der Waals surface area contributed by atoms with Crippen molar-refractivity contribution in [3.63, 3.8) is 0 Å². The fourth-order valence-electron chi connectivity index (χ4n) is 4.15. The molecule has 0 saturated heterocycles. The number of allylic oxidation sites excluding steroid dienone is 1. The first-order valence-electron chi connectivity index (χ1n) is 10.2. The summed E-state index contributed by atoms with van der Waals surface area (Å²) in [5.74, 6) is 0.397. The molecular weight excluding hydrogens is 372 g/mol. The molecule has 0 spiro atoms. The van der Waals surface area contributed by atoms with E-state index < -0.39 is 0 Å². The van der Waals surface area contributed by atoms with Crippen LogP contribution in [0.4, 0.5) is 0 Å². The van der Waals surface area contributed by atoms with Crippen LogP contribution in [-0.2, 0) is 6.54 Å². The number of ketones is 2. The number of benzene rings is 2. The van der Waals surface area contributed by atoms with Crippen LogP contribution in [0.1, 0.15) is 33.3 Å². The summed E-state index contributed by atoms with van der Waals surface area (Å²) in [5.41, 5.74) is 5.78. The van der Waals surface area contributed by atoms with Crippen molar-refractivity contribution >= 4 is 49.1 Å². The van der Waals surface area contributed by atoms with Gasteiger partial charge in [-0.05, 0) is 13.0 Å². The molecule has 0 aliphatic heterocycles. The summed E-state index contributed by atoms with van der Waals surface area (Å²) in [6, 6.07) is 19.4. The summed E-state index contributed by atoms with van der Waals surface area (Å²) in [4.78, 5) is 25.8. The SMILES string of the molecule is BBc1ccc2c(c1)C(=O)/C(=C\c1cc3oc(-c4ccccc4)cc3n1CC)C2=O. The molecule has 1 aliphatic rings. The summed E-state index contributed by atoms with van der Waals surface area (Å²) in [6.45, 7) is 2.74. The Morgan fingerprint density at radius 1 is 1.00 bits per heavy atom. The Morgan fingerprint density at radius 3 is 2.50 bits per heavy atom. The van der Waals surface area contributed by atoms with E-state index in [0.29, 0.717) is 17.7 Å². The molecule has 0 amide bonds. The Balaban J connectivity index is 1.58. The lowest BCUT2D eigenvalue weighted by Crippen LogP contribution is -2.15. The molecule has 2 aromatic carbocycles. The lowest BCUT2D eigenvalue weighted by atomic mass is 9.51. The molecule has 2 heterocycles. The van der Waals surface area contributed by atoms with Crippen molar-refractivity contribution in [2.45, 2.75) is 13.5 Å². The highest BCUT2D eigenvalue weighted by molar-refractivity contribution is 6.97. The van der Waals surface area contributed by atoms with E-state index in [4.69, 9.17) is 4.42 Å². The molecule has 5 rings (SSSR count). The van der Waals surface area contributed by atoms with Gasteiger partial charge in [-0.25, -0.2) is 0 Å². The number of carbonyl (C=O) groups excluding carboxylic acids is 2. The van der Waals surface area contributed by atoms with E-state index in [-0.39, 0.29) is 17.1 Å². The van der Waals surface area contributed by atoms with Gasteiger partial charge < -0.3 is 8.98 Å². The third kappa shape index (κ3) is 2.79. The fraction of sp³-hybridized carbons (Fsp3) is 0.0833. The van der Waals surface area contributed by atoms with Gasteiger partial charge in [-0.1, -0.05) is 54.0 Å². The Morgan fingerprint density at radius 2 is 1.77 bits per heavy atom. The average Bonchev–Trinajstić information content (AvgIpc) is 3.40. The largest absolute Gasteiger partial charge is 0.454 e. The zero-order valence-electron chi connectivity index (χ0n) is 16.9. The number of aromatic nitrogens is 1. The van der Waals surface area contributed by atoms with Gasteiger partial charge in [0.05, 0.1) is 18.8 Å². The van der Waals surface area contributed by atoms with Crippen molar-refractivity contribution in [2.24, 2.45) is 0 Å². The number of carbonyl (C=O) groups is 2. The Bertz CT molecular complexity index is 1350. The van der Waals surface area contributed by atoms with Gasteiger partial charge in [-0.3, -0.25) is 9.59 Å². The third-order valence-corrected chi connectivity index (χ3v) is 5.76. The van der Waals surface area contributed by atoms with E-state index in [1.165, 1.54) is 0 Å². The number of aryl methyl sites for hydroxylation is 1. The summed E-state index contributed by atoms with van der Waals surface area (Å²) in [5, 5.41) is 0. The minimum atomic E-state index is -0.205. The summed E-state index contributed by atoms with van der Waals surface area (Å²) >= 11 is 0. The van der Waals surface area contributed by atoms with E-state index in [0.717, 1.165) is 40.8 Å². The molecule has 4 nitrogen and oxygen atoms in total. The highest BCUT2D eigenvalue weighted by Gasteiger charge is 2.33. The maximum Gasteiger partial charge on any atom is 0.197 e. The number of furan rings is 1. The van der Waals surface area contributed by atoms with Crippen LogP contribution in [-0.4, -0.2) is 31.0 Å². The molecule has 0 fully saturated rings. The zero-order chi connectivity index (χ0) is 20.8. The molecule has 4 aromatic rings. The summed E-state index contributed by atoms with van der Waals surface area (Å²) in [6.07, 6.45) is 1.71. The van der Waals surface area contributed by atoms with Crippen molar-refractivity contribution in [1.29, 1.82) is 0 Å². The standard InChI is InChI=1S/C24H19B2NO3/c1-2-27-16(12-22-20(27)13-21(30-22)14-6-4-3-5-7-14)11-19-23(28)17-9-8-15(26-25)10-18(17)24(19)29/h3-13,26H,2,25H2,1H3/b19-11-. The molecule has 0 bridgehead atoms. The average molecular weight is 391 g/mol. The highest BCUT2D eigenvalue weighted by Crippen LogP contribution is 2.33. The van der Waals surface area contributed by atoms with Crippen molar-refractivity contribution in [1.82, 2.24) is 4.57 Å². The van der Waals surface area contributed by atoms with Crippen LogP contribution in [0.15, 0.2) is 70.7 Å². The molecule has 6 heteroatoms. The number of rotatable bonds is 4. The Kier molecular flexibility index (Phi) is 4.35. The second-order valence-electron chi connectivity index (χ2n) is 7.49. The van der Waals surface area contributed by atoms with Gasteiger partial charge in [-0.15, -0.1) is 0 Å². The van der Waals surface area contributed by atoms with Crippen molar-refractivity contribution in [2.75, 3.05) is 0 Å². The monoisotopic (exact) mass is 391 g/mol. The number of fused-ring (bicyclic) bond motifs is 2. The van der Waals surface area contributed by atoms with Gasteiger partial charge in [0.15, 0.2) is 17.1 Å². The van der Waals surface area contributed by atoms with Gasteiger partial charge in [0.2, 0.25) is 0 Å². The summed E-state index contributed by atoms with van der Waals surface area (Å²) < 4.78 is 8.14. The number of nitrogens with zero attached hydrogens (tertiary/aromatic N) is 1. The van der Waals surface area contributed by atoms with E-state index in [9.17, 15) is 9.59 Å². The predicted octanol–water partition coefficient (Wildman–Crippen LogP) is 2.99. The third-order valence-electron chi connectivity index (χ3n) is 5.76. The van der Waals surface area contributed by atoms with Crippen molar-refractivity contribution < 1.29 is 14.0 Å². The normalized spacial score (nSPS) is 14.6. The lowest BCUT2D eigenvalue weighted by Gasteiger charge is -2.04. The lowest BCUT2D eigenvalue weighted by molar-refractivity contribution is 0.0990. The molecule has 0 saturated carbocycles. The number of hydrogen-bond acceptors (Lipinski definition) is 3. The van der Waals surface area contributed by atoms with Crippen LogP contribution in [0.2, 0.25) is 0 Å². The molecule has 0 N–H and O–H groups in total. The van der Waals surface area contributed by atoms with E-state index >= 15 is 0 Å². The van der Waals surface area contributed by atoms with Crippen LogP contribution in [0, 0.1) is 0 Å². The van der Waals surface area contributed by atoms with Crippen LogP contribution in [0.5, 0.6) is 0 Å². The molecule has 30 heavy (non-hydrogen) atoms. The number of Topliss-reactive ketones (excluding diaryl/α,β-unsaturated/α-hetero) is 2. The van der Waals surface area contributed by atoms with Crippen LogP contribution >= 0.6 is 0 Å². The first-order valence-corrected chi connectivity index (χ1v) is 10.2. The molecule has 2 aromatic heterocycles. The van der Waals surface area contributed by atoms with E-state index in [1.807, 2.05) is 69.3 Å². The van der Waals surface area contributed by atoms with E-state index in [1.54, 1.807) is 12.1 Å². The minimum absolute atomic E-state index is 0.198. The Labute approximate surface area is 175 Å². The zero-order valence-corrected chi connectivity index (χ0v) is 16.9. The first-order chi connectivity index (χ1) is 14.6. The topological polar surface area (TPSA) is 52.2 Å². The maximum absolute atomic E-state index is 13.0. The van der Waals surface area contributed by atoms with Gasteiger partial charge in [0.1, 0.15) is 12.9 Å². The number of hydrogen-bond donors (Lipinski definition) is 0. The molecule has 0 radical (unpaired) electrons. The molecule has 0 atom stereocenters. The van der Waals surface area contributed by atoms with Gasteiger partial charge in [-0.2, -0.15) is 0 Å². The van der Waals surface area contributed by atoms with Gasteiger partial charge >= 0.3 is 0 Å². The van der Waals surface area contributed by atoms with Gasteiger partial charge in [0, 0.05) is 41.1 Å². The minimum Gasteiger partial charge on any atom is -0.454 e. The Hall–Kier alpha value is -3.53. The quantitative estimate of drug-likeness (QED) is 0.306. The van der Waals surface area contributed by atoms with Crippen LogP contribution < -0.4 is 5.46 Å². The first kappa shape index (κ1) is 18.5. The smallest absolute Gasteiger partial charge is 0.197 e. The second kappa shape index (κ2) is 7.06. The maximum atomic E-state index is 13.0. The fourth-order valence-corrected chi connectivity index (χ4v) is 4.15. The van der Waals surface area contributed by atoms with Crippen LogP contribution in [0.3, 0.4) is 0 Å². The highest BCUT2D eigenvalue weighted by atomic mass is 16.3. The predicted molar refractivity (Wildman–Crippen MR) is 124 cm³/mol. The molecule has 1 aliphatic carbocycles. The van der Waals surface area contributed by atoms with Crippen molar-refractivity contribution in [3.8, 4) is 11.3 Å². The molecule has 144 valence electrons. The molecule has 0 unspecified atom stereocenters. The molecular formula is C24H19B2NO3. The van der Waals surface area contributed by atoms with Gasteiger partial charge in [0.25, 0.3) is 0 Å². The van der Waals surface area contributed by atoms with E-state index in [2.05, 4.69) is 4.57 Å². The summed E-state index contributed by atoms with van der Waals surface area (Å²) in [7, 11) is 2.86. The second-order valence-corrected chi connectivity index (χ2v) is 7.49. The van der Waals surface area contributed by atoms with Crippen LogP contribution in [0.25, 0.3) is 28.5 Å². The van der Waals surface area contributed by atoms with Crippen molar-refractivity contribution in [3.05, 3.63) is 83.1 Å².